The Hall–Kier alpha value is -3.37. The van der Waals surface area contributed by atoms with Crippen molar-refractivity contribution in [3.05, 3.63) is 65.1 Å². The number of ether oxygens (including phenoxy) is 1. The molecule has 0 spiro atoms. The van der Waals surface area contributed by atoms with Crippen molar-refractivity contribution in [3.8, 4) is 11.1 Å². The van der Waals surface area contributed by atoms with E-state index in [0.29, 0.717) is 36.6 Å². The van der Waals surface area contributed by atoms with Gasteiger partial charge in [0.25, 0.3) is 12.3 Å². The number of alkyl halides is 2. The van der Waals surface area contributed by atoms with Gasteiger partial charge >= 0.3 is 0 Å². The number of fused-ring (bicyclic) bond motifs is 2. The van der Waals surface area contributed by atoms with E-state index in [1.165, 1.54) is 0 Å². The lowest BCUT2D eigenvalue weighted by atomic mass is 9.92. The Morgan fingerprint density at radius 2 is 1.88 bits per heavy atom. The van der Waals surface area contributed by atoms with Gasteiger partial charge in [-0.3, -0.25) is 9.48 Å². The van der Waals surface area contributed by atoms with Gasteiger partial charge < -0.3 is 19.5 Å². The minimum Gasteiger partial charge on any atom is -0.360 e. The molecule has 0 radical (unpaired) electrons. The minimum atomic E-state index is -2.63. The zero-order valence-corrected chi connectivity index (χ0v) is 27.0. The van der Waals surface area contributed by atoms with E-state index in [1.807, 2.05) is 22.9 Å². The lowest BCUT2D eigenvalue weighted by Gasteiger charge is -2.33. The quantitative estimate of drug-likeness (QED) is 0.193. The lowest BCUT2D eigenvalue weighted by Crippen LogP contribution is -2.25. The van der Waals surface area contributed by atoms with E-state index in [2.05, 4.69) is 54.0 Å². The highest BCUT2D eigenvalue weighted by Crippen LogP contribution is 2.43. The van der Waals surface area contributed by atoms with Crippen molar-refractivity contribution >= 4 is 38.2 Å². The Balaban J connectivity index is 1.62. The number of nitrogens with zero attached hydrogens (tertiary/aromatic N) is 4. The summed E-state index contributed by atoms with van der Waals surface area (Å²) in [6.45, 7) is 5.97. The van der Waals surface area contributed by atoms with Gasteiger partial charge in [0.15, 0.2) is 0 Å². The molecule has 0 fully saturated rings. The zero-order valence-electron chi connectivity index (χ0n) is 26.2. The maximum absolute atomic E-state index is 14.5. The number of rotatable bonds is 10. The van der Waals surface area contributed by atoms with Crippen molar-refractivity contribution in [2.45, 2.75) is 45.8 Å². The maximum Gasteiger partial charge on any atom is 0.264 e. The zero-order chi connectivity index (χ0) is 31.1. The second-order valence-corrected chi connectivity index (χ2v) is 17.1. The normalized spacial score (nSPS) is 14.2. The van der Waals surface area contributed by atoms with Crippen molar-refractivity contribution in [2.24, 2.45) is 7.05 Å². The third-order valence-corrected chi connectivity index (χ3v) is 9.47. The summed E-state index contributed by atoms with van der Waals surface area (Å²) in [4.78, 5) is 15.2. The standard InChI is InChI=1S/C33H43F2N5O2S/c1-21(2)25-14-24(15-27-29(33(41)36-3)19-39(31(25)27)20-42-11-12-43(5,6)7)40-10-8-9-22-13-26(23-17-37-38(4)18-23)28(32(34)35)16-30(22)40/h13-19,21,32H,8-12,20H2,1-7H3,(H,36,41). The number of anilines is 2. The van der Waals surface area contributed by atoms with E-state index in [0.717, 1.165) is 52.0 Å². The summed E-state index contributed by atoms with van der Waals surface area (Å²) in [6, 6.07) is 7.75. The molecule has 2 aromatic carbocycles. The van der Waals surface area contributed by atoms with Gasteiger partial charge in [0.1, 0.15) is 6.73 Å². The van der Waals surface area contributed by atoms with Crippen LogP contribution in [0.3, 0.4) is 0 Å². The first-order valence-corrected chi connectivity index (χ1v) is 17.7. The molecule has 4 aromatic rings. The molecular weight excluding hydrogens is 568 g/mol. The molecule has 1 amide bonds. The van der Waals surface area contributed by atoms with E-state index >= 15 is 0 Å². The molecule has 7 nitrogen and oxygen atoms in total. The first-order valence-electron chi connectivity index (χ1n) is 14.7. The molecule has 43 heavy (non-hydrogen) atoms. The first kappa shape index (κ1) is 31.1. The van der Waals surface area contributed by atoms with Crippen LogP contribution in [0, 0.1) is 0 Å². The fourth-order valence-electron chi connectivity index (χ4n) is 5.85. The Labute approximate surface area is 254 Å². The maximum atomic E-state index is 14.5. The van der Waals surface area contributed by atoms with Gasteiger partial charge in [-0.15, -0.1) is 0 Å². The summed E-state index contributed by atoms with van der Waals surface area (Å²) in [5.74, 6) is 0.990. The summed E-state index contributed by atoms with van der Waals surface area (Å²) >= 11 is 0. The number of benzene rings is 2. The van der Waals surface area contributed by atoms with Crippen LogP contribution in [0.25, 0.3) is 22.0 Å². The molecule has 3 heterocycles. The summed E-state index contributed by atoms with van der Waals surface area (Å²) < 4.78 is 38.7. The largest absolute Gasteiger partial charge is 0.360 e. The summed E-state index contributed by atoms with van der Waals surface area (Å²) in [6.07, 6.45) is 11.1. The monoisotopic (exact) mass is 611 g/mol. The number of carbonyl (C=O) groups is 1. The van der Waals surface area contributed by atoms with Gasteiger partial charge in [0.2, 0.25) is 0 Å². The first-order chi connectivity index (χ1) is 20.4. The van der Waals surface area contributed by atoms with Crippen LogP contribution >= 0.6 is 10.0 Å². The second-order valence-electron chi connectivity index (χ2n) is 12.5. The predicted octanol–water partition coefficient (Wildman–Crippen LogP) is 7.21. The Kier molecular flexibility index (Phi) is 8.90. The van der Waals surface area contributed by atoms with Gasteiger partial charge in [-0.2, -0.15) is 5.10 Å². The van der Waals surface area contributed by atoms with Crippen molar-refractivity contribution in [1.29, 1.82) is 0 Å². The average Bonchev–Trinajstić information content (AvgIpc) is 3.56. The molecule has 0 saturated carbocycles. The number of nitrogens with one attached hydrogen (secondary N) is 1. The van der Waals surface area contributed by atoms with Gasteiger partial charge in [-0.05, 0) is 78.5 Å². The molecule has 0 aliphatic carbocycles. The van der Waals surface area contributed by atoms with Crippen LogP contribution in [0.5, 0.6) is 0 Å². The van der Waals surface area contributed by atoms with Crippen LogP contribution in [0.1, 0.15) is 59.7 Å². The molecule has 1 N–H and O–H groups in total. The van der Waals surface area contributed by atoms with Gasteiger partial charge in [-0.1, -0.05) is 13.8 Å². The third kappa shape index (κ3) is 6.45. The summed E-state index contributed by atoms with van der Waals surface area (Å²) in [5, 5.41) is 7.83. The molecule has 10 heteroatoms. The summed E-state index contributed by atoms with van der Waals surface area (Å²) in [7, 11) is 2.74. The summed E-state index contributed by atoms with van der Waals surface area (Å²) in [5.41, 5.74) is 6.54. The number of halogens is 2. The van der Waals surface area contributed by atoms with Crippen LogP contribution < -0.4 is 10.2 Å². The topological polar surface area (TPSA) is 64.3 Å². The molecule has 0 bridgehead atoms. The highest BCUT2D eigenvalue weighted by Gasteiger charge is 2.27. The highest BCUT2D eigenvalue weighted by atomic mass is 32.3. The van der Waals surface area contributed by atoms with Crippen molar-refractivity contribution in [2.75, 3.05) is 49.6 Å². The molecule has 0 unspecified atom stereocenters. The van der Waals surface area contributed by atoms with Gasteiger partial charge in [-0.25, -0.2) is 18.8 Å². The van der Waals surface area contributed by atoms with Gasteiger partial charge in [0.05, 0.1) is 23.9 Å². The fourth-order valence-corrected chi connectivity index (χ4v) is 6.47. The third-order valence-electron chi connectivity index (χ3n) is 8.08. The van der Waals surface area contributed by atoms with Crippen molar-refractivity contribution < 1.29 is 18.3 Å². The van der Waals surface area contributed by atoms with Crippen molar-refractivity contribution in [1.82, 2.24) is 19.7 Å². The van der Waals surface area contributed by atoms with Crippen molar-refractivity contribution in [3.63, 3.8) is 0 Å². The number of hydrogen-bond donors (Lipinski definition) is 1. The fraction of sp³-hybridized carbons (Fsp3) is 0.455. The van der Waals surface area contributed by atoms with Crippen LogP contribution in [0.4, 0.5) is 20.2 Å². The second kappa shape index (κ2) is 12.3. The minimum absolute atomic E-state index is 0.00439. The smallest absolute Gasteiger partial charge is 0.264 e. The van der Waals surface area contributed by atoms with Crippen LogP contribution in [-0.4, -0.2) is 65.0 Å². The van der Waals surface area contributed by atoms with Crippen LogP contribution in [0.15, 0.2) is 42.9 Å². The molecule has 5 rings (SSSR count). The number of hydrogen-bond acceptors (Lipinski definition) is 4. The van der Waals surface area contributed by atoms with E-state index in [4.69, 9.17) is 4.74 Å². The number of amides is 1. The van der Waals surface area contributed by atoms with Crippen LogP contribution in [-0.2, 0) is 24.9 Å². The highest BCUT2D eigenvalue weighted by molar-refractivity contribution is 8.32. The van der Waals surface area contributed by atoms with Gasteiger partial charge in [0, 0.05) is 66.7 Å². The SMILES string of the molecule is CNC(=O)c1cn(COCCS(C)(C)C)c2c(C(C)C)cc(N3CCCc4cc(-c5cnn(C)c5)c(C(F)F)cc43)cc12. The van der Waals surface area contributed by atoms with E-state index in [1.54, 1.807) is 37.2 Å². The molecule has 0 atom stereocenters. The average molecular weight is 612 g/mol. The molecule has 2 aromatic heterocycles. The Morgan fingerprint density at radius 3 is 2.51 bits per heavy atom. The molecule has 232 valence electrons. The number of aryl methyl sites for hydroxylation is 2. The Morgan fingerprint density at radius 1 is 1.12 bits per heavy atom. The molecule has 1 aliphatic rings. The van der Waals surface area contributed by atoms with E-state index in [9.17, 15) is 13.6 Å². The van der Waals surface area contributed by atoms with Crippen LogP contribution in [0.2, 0.25) is 0 Å². The lowest BCUT2D eigenvalue weighted by molar-refractivity contribution is 0.0917. The molecule has 1 aliphatic heterocycles. The molecular formula is C33H43F2N5O2S. The number of aromatic nitrogens is 3. The molecule has 0 saturated heterocycles. The predicted molar refractivity (Wildman–Crippen MR) is 175 cm³/mol. The van der Waals surface area contributed by atoms with E-state index < -0.39 is 16.5 Å². The van der Waals surface area contributed by atoms with E-state index in [-0.39, 0.29) is 17.4 Å². The Bertz CT molecular complexity index is 1640. The number of carbonyl (C=O) groups excluding carboxylic acids is 1.